The second-order valence-corrected chi connectivity index (χ2v) is 3.30. The van der Waals surface area contributed by atoms with E-state index in [1.54, 1.807) is 5.51 Å². The molecule has 0 fully saturated rings. The Balaban J connectivity index is 2.23. The fourth-order valence-corrected chi connectivity index (χ4v) is 1.05. The van der Waals surface area contributed by atoms with Crippen molar-refractivity contribution >= 4 is 16.5 Å². The zero-order valence-corrected chi connectivity index (χ0v) is 7.27. The Labute approximate surface area is 69.8 Å². The van der Waals surface area contributed by atoms with Crippen molar-refractivity contribution in [1.82, 2.24) is 10.2 Å². The van der Waals surface area contributed by atoms with Gasteiger partial charge >= 0.3 is 0 Å². The van der Waals surface area contributed by atoms with Crippen LogP contribution in [-0.2, 0) is 0 Å². The van der Waals surface area contributed by atoms with E-state index in [4.69, 9.17) is 5.73 Å². The highest BCUT2D eigenvalue weighted by Gasteiger charge is 1.99. The number of nitrogens with one attached hydrogen (secondary N) is 1. The van der Waals surface area contributed by atoms with Crippen LogP contribution in [0.2, 0.25) is 0 Å². The average Bonchev–Trinajstić information content (AvgIpc) is 2.52. The molecule has 0 aliphatic heterocycles. The van der Waals surface area contributed by atoms with Crippen LogP contribution in [-0.4, -0.2) is 23.3 Å². The highest BCUT2D eigenvalue weighted by molar-refractivity contribution is 7.13. The van der Waals surface area contributed by atoms with E-state index in [1.807, 2.05) is 0 Å². The molecular formula is C6H12N4S. The van der Waals surface area contributed by atoms with Gasteiger partial charge in [-0.15, -0.1) is 10.2 Å². The summed E-state index contributed by atoms with van der Waals surface area (Å²) in [4.78, 5) is 0. The van der Waals surface area contributed by atoms with Crippen LogP contribution in [0.25, 0.3) is 0 Å². The second kappa shape index (κ2) is 4.25. The summed E-state index contributed by atoms with van der Waals surface area (Å²) in [5.74, 6) is 0.485. The molecule has 0 aromatic carbocycles. The van der Waals surface area contributed by atoms with Crippen LogP contribution in [0.5, 0.6) is 0 Å². The quantitative estimate of drug-likeness (QED) is 0.696. The van der Waals surface area contributed by atoms with Gasteiger partial charge in [-0.1, -0.05) is 18.3 Å². The third-order valence-corrected chi connectivity index (χ3v) is 2.01. The maximum Gasteiger partial charge on any atom is 0.205 e. The van der Waals surface area contributed by atoms with Gasteiger partial charge in [0.25, 0.3) is 0 Å². The first-order valence-corrected chi connectivity index (χ1v) is 4.41. The molecule has 1 aromatic rings. The molecule has 11 heavy (non-hydrogen) atoms. The summed E-state index contributed by atoms with van der Waals surface area (Å²) in [6.07, 6.45) is 0. The maximum absolute atomic E-state index is 5.44. The highest BCUT2D eigenvalue weighted by Crippen LogP contribution is 2.08. The highest BCUT2D eigenvalue weighted by atomic mass is 32.1. The Hall–Kier alpha value is -0.680. The summed E-state index contributed by atoms with van der Waals surface area (Å²) < 4.78 is 0. The molecule has 1 unspecified atom stereocenters. The summed E-state index contributed by atoms with van der Waals surface area (Å²) in [6, 6.07) is 0. The van der Waals surface area contributed by atoms with Gasteiger partial charge in [0.05, 0.1) is 0 Å². The first-order chi connectivity index (χ1) is 5.33. The van der Waals surface area contributed by atoms with Crippen molar-refractivity contribution in [2.75, 3.05) is 18.4 Å². The fourth-order valence-electron chi connectivity index (χ4n) is 0.595. The number of rotatable bonds is 4. The smallest absolute Gasteiger partial charge is 0.205 e. The standard InChI is InChI=1S/C6H12N4S/c1-5(2-7)3-8-6-10-9-4-11-6/h4-5H,2-3,7H2,1H3,(H,8,10). The number of hydrogen-bond donors (Lipinski definition) is 2. The van der Waals surface area contributed by atoms with E-state index in [-0.39, 0.29) is 0 Å². The molecule has 0 saturated carbocycles. The lowest BCUT2D eigenvalue weighted by Crippen LogP contribution is -2.19. The Kier molecular flexibility index (Phi) is 3.25. The van der Waals surface area contributed by atoms with Gasteiger partial charge in [0.15, 0.2) is 0 Å². The van der Waals surface area contributed by atoms with Crippen molar-refractivity contribution in [3.8, 4) is 0 Å². The molecule has 1 rings (SSSR count). The van der Waals surface area contributed by atoms with Crippen LogP contribution in [0.15, 0.2) is 5.51 Å². The lowest BCUT2D eigenvalue weighted by molar-refractivity contribution is 0.627. The predicted octanol–water partition coefficient (Wildman–Crippen LogP) is 0.545. The van der Waals surface area contributed by atoms with Gasteiger partial charge in [0.1, 0.15) is 5.51 Å². The zero-order chi connectivity index (χ0) is 8.10. The Bertz CT molecular complexity index is 186. The normalized spacial score (nSPS) is 12.9. The molecular weight excluding hydrogens is 160 g/mol. The van der Waals surface area contributed by atoms with E-state index in [9.17, 15) is 0 Å². The van der Waals surface area contributed by atoms with E-state index in [2.05, 4.69) is 22.4 Å². The molecule has 3 N–H and O–H groups in total. The molecule has 0 bridgehead atoms. The Morgan fingerprint density at radius 3 is 3.18 bits per heavy atom. The fraction of sp³-hybridized carbons (Fsp3) is 0.667. The van der Waals surface area contributed by atoms with E-state index in [0.717, 1.165) is 11.7 Å². The van der Waals surface area contributed by atoms with E-state index in [1.165, 1.54) is 11.3 Å². The SMILES string of the molecule is CC(CN)CNc1nncs1. The van der Waals surface area contributed by atoms with Crippen molar-refractivity contribution in [3.05, 3.63) is 5.51 Å². The Morgan fingerprint density at radius 1 is 1.82 bits per heavy atom. The molecule has 62 valence electrons. The molecule has 0 amide bonds. The third-order valence-electron chi connectivity index (χ3n) is 1.36. The summed E-state index contributed by atoms with van der Waals surface area (Å²) in [7, 11) is 0. The van der Waals surface area contributed by atoms with Crippen molar-refractivity contribution in [3.63, 3.8) is 0 Å². The summed E-state index contributed by atoms with van der Waals surface area (Å²) in [5, 5.41) is 11.5. The number of nitrogens with two attached hydrogens (primary N) is 1. The van der Waals surface area contributed by atoms with Crippen LogP contribution in [0, 0.1) is 5.92 Å². The minimum absolute atomic E-state index is 0.485. The third kappa shape index (κ3) is 2.81. The predicted molar refractivity (Wildman–Crippen MR) is 46.6 cm³/mol. The molecule has 1 heterocycles. The van der Waals surface area contributed by atoms with Crippen LogP contribution in [0.4, 0.5) is 5.13 Å². The van der Waals surface area contributed by atoms with Crippen molar-refractivity contribution in [2.45, 2.75) is 6.92 Å². The van der Waals surface area contributed by atoms with Crippen molar-refractivity contribution in [2.24, 2.45) is 11.7 Å². The van der Waals surface area contributed by atoms with Gasteiger partial charge in [-0.3, -0.25) is 0 Å². The van der Waals surface area contributed by atoms with Gasteiger partial charge in [-0.05, 0) is 12.5 Å². The minimum atomic E-state index is 0.485. The first kappa shape index (κ1) is 8.42. The van der Waals surface area contributed by atoms with Crippen LogP contribution < -0.4 is 11.1 Å². The molecule has 0 aliphatic carbocycles. The maximum atomic E-state index is 5.44. The zero-order valence-electron chi connectivity index (χ0n) is 6.45. The molecule has 0 radical (unpaired) electrons. The van der Waals surface area contributed by atoms with Gasteiger partial charge in [0.2, 0.25) is 5.13 Å². The van der Waals surface area contributed by atoms with Gasteiger partial charge in [-0.2, -0.15) is 0 Å². The molecule has 0 spiro atoms. The summed E-state index contributed by atoms with van der Waals surface area (Å²) >= 11 is 1.50. The van der Waals surface area contributed by atoms with E-state index < -0.39 is 0 Å². The Morgan fingerprint density at radius 2 is 2.64 bits per heavy atom. The van der Waals surface area contributed by atoms with Crippen molar-refractivity contribution in [1.29, 1.82) is 0 Å². The number of anilines is 1. The van der Waals surface area contributed by atoms with E-state index in [0.29, 0.717) is 12.5 Å². The number of nitrogens with zero attached hydrogens (tertiary/aromatic N) is 2. The largest absolute Gasteiger partial charge is 0.360 e. The lowest BCUT2D eigenvalue weighted by Gasteiger charge is -2.07. The molecule has 4 nitrogen and oxygen atoms in total. The second-order valence-electron chi connectivity index (χ2n) is 2.47. The van der Waals surface area contributed by atoms with Gasteiger partial charge in [0, 0.05) is 6.54 Å². The molecule has 5 heteroatoms. The van der Waals surface area contributed by atoms with Gasteiger partial charge < -0.3 is 11.1 Å². The van der Waals surface area contributed by atoms with Gasteiger partial charge in [-0.25, -0.2) is 0 Å². The molecule has 1 atom stereocenters. The molecule has 0 saturated heterocycles. The van der Waals surface area contributed by atoms with Crippen molar-refractivity contribution < 1.29 is 0 Å². The number of aromatic nitrogens is 2. The first-order valence-electron chi connectivity index (χ1n) is 3.53. The lowest BCUT2D eigenvalue weighted by atomic mass is 10.2. The minimum Gasteiger partial charge on any atom is -0.360 e. The molecule has 1 aromatic heterocycles. The summed E-state index contributed by atoms with van der Waals surface area (Å²) in [6.45, 7) is 3.66. The molecule has 0 aliphatic rings. The summed E-state index contributed by atoms with van der Waals surface area (Å²) in [5.41, 5.74) is 7.14. The van der Waals surface area contributed by atoms with Crippen LogP contribution in [0.1, 0.15) is 6.92 Å². The number of hydrogen-bond acceptors (Lipinski definition) is 5. The monoisotopic (exact) mass is 172 g/mol. The topological polar surface area (TPSA) is 63.8 Å². The van der Waals surface area contributed by atoms with Crippen LogP contribution in [0.3, 0.4) is 0 Å². The average molecular weight is 172 g/mol. The van der Waals surface area contributed by atoms with E-state index >= 15 is 0 Å². The van der Waals surface area contributed by atoms with Crippen LogP contribution >= 0.6 is 11.3 Å².